The minimum Gasteiger partial charge on any atom is -0.311 e. The van der Waals surface area contributed by atoms with Gasteiger partial charge in [0.15, 0.2) is 0 Å². The predicted octanol–water partition coefficient (Wildman–Crippen LogP) is 0.326. The monoisotopic (exact) mass is 182 g/mol. The van der Waals surface area contributed by atoms with E-state index < -0.39 is 0 Å². The summed E-state index contributed by atoms with van der Waals surface area (Å²) in [6.45, 7) is 2.76. The number of aromatic amines is 1. The largest absolute Gasteiger partial charge is 0.311 e. The van der Waals surface area contributed by atoms with E-state index in [0.29, 0.717) is 11.8 Å². The fourth-order valence-corrected chi connectivity index (χ4v) is 0.805. The van der Waals surface area contributed by atoms with Gasteiger partial charge in [-0.3, -0.25) is 14.9 Å². The minimum atomic E-state index is -0.219. The number of hydrogen-bond acceptors (Lipinski definition) is 3. The van der Waals surface area contributed by atoms with E-state index >= 15 is 0 Å². The molecule has 0 saturated heterocycles. The number of carbonyl (C=O) groups is 2. The lowest BCUT2D eigenvalue weighted by atomic mass is 10.6. The summed E-state index contributed by atoms with van der Waals surface area (Å²) >= 11 is 0. The highest BCUT2D eigenvalue weighted by molar-refractivity contribution is 5.89. The Labute approximate surface area is 74.7 Å². The molecule has 0 atom stereocenters. The fraction of sp³-hybridized carbons (Fsp3) is 0.286. The first-order chi connectivity index (χ1) is 6.08. The SMILES string of the molecule is CC(=O)Nc1cnc(NC(C)=O)[nH]1. The van der Waals surface area contributed by atoms with E-state index in [1.165, 1.54) is 20.0 Å². The van der Waals surface area contributed by atoms with Gasteiger partial charge < -0.3 is 10.3 Å². The van der Waals surface area contributed by atoms with E-state index in [-0.39, 0.29) is 11.8 Å². The van der Waals surface area contributed by atoms with Gasteiger partial charge in [0, 0.05) is 13.8 Å². The third-order valence-electron chi connectivity index (χ3n) is 1.18. The number of amides is 2. The van der Waals surface area contributed by atoms with Crippen molar-refractivity contribution in [2.45, 2.75) is 13.8 Å². The lowest BCUT2D eigenvalue weighted by molar-refractivity contribution is -0.115. The van der Waals surface area contributed by atoms with Crippen LogP contribution in [0.3, 0.4) is 0 Å². The molecule has 2 amide bonds. The smallest absolute Gasteiger partial charge is 0.223 e. The van der Waals surface area contributed by atoms with E-state index in [1.54, 1.807) is 0 Å². The Morgan fingerprint density at radius 3 is 2.46 bits per heavy atom. The van der Waals surface area contributed by atoms with E-state index in [0.717, 1.165) is 0 Å². The zero-order valence-electron chi connectivity index (χ0n) is 7.34. The Morgan fingerprint density at radius 2 is 1.92 bits per heavy atom. The first-order valence-corrected chi connectivity index (χ1v) is 3.68. The molecule has 0 aliphatic rings. The summed E-state index contributed by atoms with van der Waals surface area (Å²) in [5.41, 5.74) is 0. The number of nitrogens with one attached hydrogen (secondary N) is 3. The normalized spacial score (nSPS) is 9.38. The number of nitrogens with zero attached hydrogens (tertiary/aromatic N) is 1. The number of carbonyl (C=O) groups excluding carboxylic acids is 2. The maximum absolute atomic E-state index is 10.6. The summed E-state index contributed by atoms with van der Waals surface area (Å²) in [5.74, 6) is 0.356. The third kappa shape index (κ3) is 2.94. The summed E-state index contributed by atoms with van der Waals surface area (Å²) in [4.78, 5) is 27.7. The van der Waals surface area contributed by atoms with Gasteiger partial charge in [-0.05, 0) is 0 Å². The minimum absolute atomic E-state index is 0.196. The highest BCUT2D eigenvalue weighted by Gasteiger charge is 2.01. The molecule has 0 unspecified atom stereocenters. The van der Waals surface area contributed by atoms with Crippen LogP contribution in [0.2, 0.25) is 0 Å². The first kappa shape index (κ1) is 9.24. The molecule has 1 rings (SSSR count). The zero-order chi connectivity index (χ0) is 9.84. The van der Waals surface area contributed by atoms with Gasteiger partial charge in [0.25, 0.3) is 0 Å². The predicted molar refractivity (Wildman–Crippen MR) is 47.2 cm³/mol. The molecule has 0 aliphatic heterocycles. The second kappa shape index (κ2) is 3.70. The number of aromatic nitrogens is 2. The maximum atomic E-state index is 10.6. The van der Waals surface area contributed by atoms with Crippen molar-refractivity contribution < 1.29 is 9.59 Å². The van der Waals surface area contributed by atoms with E-state index in [9.17, 15) is 9.59 Å². The van der Waals surface area contributed by atoms with Crippen molar-refractivity contribution >= 4 is 23.6 Å². The number of anilines is 2. The van der Waals surface area contributed by atoms with E-state index in [4.69, 9.17) is 0 Å². The van der Waals surface area contributed by atoms with Crippen LogP contribution in [-0.4, -0.2) is 21.8 Å². The molecule has 0 bridgehead atoms. The summed E-state index contributed by atoms with van der Waals surface area (Å²) in [6.07, 6.45) is 1.42. The van der Waals surface area contributed by atoms with E-state index in [1.807, 2.05) is 0 Å². The fourth-order valence-electron chi connectivity index (χ4n) is 0.805. The average Bonchev–Trinajstić information content (AvgIpc) is 2.33. The van der Waals surface area contributed by atoms with Gasteiger partial charge in [0.2, 0.25) is 17.8 Å². The quantitative estimate of drug-likeness (QED) is 0.615. The summed E-state index contributed by atoms with van der Waals surface area (Å²) in [7, 11) is 0. The summed E-state index contributed by atoms with van der Waals surface area (Å²) < 4.78 is 0. The molecule has 1 aromatic rings. The maximum Gasteiger partial charge on any atom is 0.223 e. The Bertz CT molecular complexity index is 300. The molecule has 6 heteroatoms. The molecular weight excluding hydrogens is 172 g/mol. The molecule has 3 N–H and O–H groups in total. The lowest BCUT2D eigenvalue weighted by Gasteiger charge is -1.96. The van der Waals surface area contributed by atoms with Crippen LogP contribution in [0.15, 0.2) is 6.20 Å². The van der Waals surface area contributed by atoms with Crippen molar-refractivity contribution in [2.75, 3.05) is 10.6 Å². The highest BCUT2D eigenvalue weighted by Crippen LogP contribution is 2.06. The van der Waals surface area contributed by atoms with Crippen molar-refractivity contribution in [2.24, 2.45) is 0 Å². The third-order valence-corrected chi connectivity index (χ3v) is 1.18. The highest BCUT2D eigenvalue weighted by atomic mass is 16.2. The van der Waals surface area contributed by atoms with Gasteiger partial charge in [-0.25, -0.2) is 4.98 Å². The Morgan fingerprint density at radius 1 is 1.31 bits per heavy atom. The molecule has 1 aromatic heterocycles. The number of imidazole rings is 1. The van der Waals surface area contributed by atoms with Crippen LogP contribution in [0.5, 0.6) is 0 Å². The Balaban J connectivity index is 2.63. The van der Waals surface area contributed by atoms with E-state index in [2.05, 4.69) is 20.6 Å². The molecule has 0 radical (unpaired) electrons. The van der Waals surface area contributed by atoms with Crippen LogP contribution < -0.4 is 10.6 Å². The second-order valence-electron chi connectivity index (χ2n) is 2.51. The van der Waals surface area contributed by atoms with Crippen LogP contribution in [-0.2, 0) is 9.59 Å². The van der Waals surface area contributed by atoms with Crippen molar-refractivity contribution in [3.63, 3.8) is 0 Å². The number of rotatable bonds is 2. The molecule has 1 heterocycles. The molecule has 0 saturated carbocycles. The van der Waals surface area contributed by atoms with Crippen molar-refractivity contribution in [3.05, 3.63) is 6.20 Å². The summed E-state index contributed by atoms with van der Waals surface area (Å²) in [6, 6.07) is 0. The van der Waals surface area contributed by atoms with Crippen LogP contribution in [0.1, 0.15) is 13.8 Å². The van der Waals surface area contributed by atoms with Gasteiger partial charge in [-0.15, -0.1) is 0 Å². The molecule has 0 aromatic carbocycles. The molecule has 0 fully saturated rings. The van der Waals surface area contributed by atoms with Crippen LogP contribution in [0, 0.1) is 0 Å². The topological polar surface area (TPSA) is 86.9 Å². The summed E-state index contributed by atoms with van der Waals surface area (Å²) in [5, 5.41) is 4.93. The van der Waals surface area contributed by atoms with Gasteiger partial charge in [-0.2, -0.15) is 0 Å². The van der Waals surface area contributed by atoms with Gasteiger partial charge in [0.1, 0.15) is 5.82 Å². The van der Waals surface area contributed by atoms with Crippen molar-refractivity contribution in [1.29, 1.82) is 0 Å². The van der Waals surface area contributed by atoms with Gasteiger partial charge in [-0.1, -0.05) is 0 Å². The lowest BCUT2D eigenvalue weighted by Crippen LogP contribution is -2.08. The van der Waals surface area contributed by atoms with Gasteiger partial charge >= 0.3 is 0 Å². The average molecular weight is 182 g/mol. The Hall–Kier alpha value is -1.85. The van der Waals surface area contributed by atoms with Crippen molar-refractivity contribution in [1.82, 2.24) is 9.97 Å². The number of hydrogen-bond donors (Lipinski definition) is 3. The molecule has 13 heavy (non-hydrogen) atoms. The standard InChI is InChI=1S/C7H10N4O2/c1-4(12)9-6-3-8-7(11-6)10-5(2)13/h3H,1-2H3,(H,9,12)(H2,8,10,11,13). The molecule has 0 aliphatic carbocycles. The van der Waals surface area contributed by atoms with Crippen LogP contribution >= 0.6 is 0 Å². The van der Waals surface area contributed by atoms with Crippen LogP contribution in [0.4, 0.5) is 11.8 Å². The molecule has 70 valence electrons. The second-order valence-corrected chi connectivity index (χ2v) is 2.51. The zero-order valence-corrected chi connectivity index (χ0v) is 7.34. The Kier molecular flexibility index (Phi) is 2.63. The first-order valence-electron chi connectivity index (χ1n) is 3.68. The van der Waals surface area contributed by atoms with Gasteiger partial charge in [0.05, 0.1) is 6.20 Å². The molecule has 6 nitrogen and oxygen atoms in total. The van der Waals surface area contributed by atoms with Crippen LogP contribution in [0.25, 0.3) is 0 Å². The molecular formula is C7H10N4O2. The molecule has 0 spiro atoms. The van der Waals surface area contributed by atoms with Crippen molar-refractivity contribution in [3.8, 4) is 0 Å². The number of H-pyrrole nitrogens is 1.